The van der Waals surface area contributed by atoms with E-state index < -0.39 is 11.5 Å². The van der Waals surface area contributed by atoms with Gasteiger partial charge in [-0.1, -0.05) is 5.16 Å². The number of aromatic carboxylic acids is 1. The molecule has 0 bridgehead atoms. The minimum Gasteiger partial charge on any atom is -0.477 e. The van der Waals surface area contributed by atoms with Gasteiger partial charge in [0.1, 0.15) is 5.56 Å². The third-order valence-electron chi connectivity index (χ3n) is 1.36. The number of pyridine rings is 1. The molecule has 0 amide bonds. The van der Waals surface area contributed by atoms with Gasteiger partial charge in [0.2, 0.25) is 0 Å². The van der Waals surface area contributed by atoms with E-state index in [0.29, 0.717) is 0 Å². The van der Waals surface area contributed by atoms with Crippen molar-refractivity contribution in [3.63, 3.8) is 0 Å². The number of nitrogens with one attached hydrogen (secondary N) is 1. The Balaban J connectivity index is 3.21. The number of aromatic nitrogens is 1. The summed E-state index contributed by atoms with van der Waals surface area (Å²) in [5, 5.41) is 19.3. The van der Waals surface area contributed by atoms with E-state index in [1.54, 1.807) is 0 Å². The molecule has 0 atom stereocenters. The fourth-order valence-corrected chi connectivity index (χ4v) is 0.795. The van der Waals surface area contributed by atoms with Gasteiger partial charge in [-0.05, 0) is 12.1 Å². The van der Waals surface area contributed by atoms with Crippen LogP contribution in [0.4, 0.5) is 0 Å². The maximum Gasteiger partial charge on any atom is 0.341 e. The standard InChI is InChI=1S/C7H6N2O4/c10-6-5(7(11)12)2-1-4(9-6)3-8-13/h1-3,13H,(H,9,10)(H,11,12)/b8-3+. The fraction of sp³-hybridized carbons (Fsp3) is 0. The van der Waals surface area contributed by atoms with Gasteiger partial charge in [-0.3, -0.25) is 4.79 Å². The van der Waals surface area contributed by atoms with Crippen molar-refractivity contribution in [2.45, 2.75) is 0 Å². The Morgan fingerprint density at radius 1 is 1.54 bits per heavy atom. The summed E-state index contributed by atoms with van der Waals surface area (Å²) in [6, 6.07) is 2.46. The van der Waals surface area contributed by atoms with Gasteiger partial charge in [0.25, 0.3) is 5.56 Å². The Bertz CT molecular complexity index is 407. The van der Waals surface area contributed by atoms with E-state index in [1.807, 2.05) is 0 Å². The topological polar surface area (TPSA) is 103 Å². The lowest BCUT2D eigenvalue weighted by molar-refractivity contribution is 0.0695. The largest absolute Gasteiger partial charge is 0.477 e. The van der Waals surface area contributed by atoms with E-state index >= 15 is 0 Å². The van der Waals surface area contributed by atoms with Crippen LogP contribution in [0, 0.1) is 0 Å². The molecule has 0 spiro atoms. The number of hydrogen-bond donors (Lipinski definition) is 3. The lowest BCUT2D eigenvalue weighted by atomic mass is 10.2. The monoisotopic (exact) mass is 182 g/mol. The molecule has 6 nitrogen and oxygen atoms in total. The highest BCUT2D eigenvalue weighted by atomic mass is 16.4. The second-order valence-electron chi connectivity index (χ2n) is 2.21. The van der Waals surface area contributed by atoms with Crippen LogP contribution in [0.15, 0.2) is 22.1 Å². The van der Waals surface area contributed by atoms with Crippen LogP contribution in [-0.4, -0.2) is 27.5 Å². The normalized spacial score (nSPS) is 10.5. The molecule has 68 valence electrons. The highest BCUT2D eigenvalue weighted by Gasteiger charge is 2.07. The highest BCUT2D eigenvalue weighted by molar-refractivity contribution is 5.87. The van der Waals surface area contributed by atoms with Gasteiger partial charge in [-0.15, -0.1) is 0 Å². The molecule has 0 unspecified atom stereocenters. The van der Waals surface area contributed by atoms with E-state index in [0.717, 1.165) is 12.3 Å². The second kappa shape index (κ2) is 3.53. The van der Waals surface area contributed by atoms with Gasteiger partial charge < -0.3 is 15.3 Å². The van der Waals surface area contributed by atoms with Crippen LogP contribution in [0.3, 0.4) is 0 Å². The quantitative estimate of drug-likeness (QED) is 0.337. The van der Waals surface area contributed by atoms with Gasteiger partial charge in [-0.25, -0.2) is 4.79 Å². The molecule has 1 rings (SSSR count). The molecule has 0 saturated heterocycles. The zero-order valence-electron chi connectivity index (χ0n) is 6.39. The van der Waals surface area contributed by atoms with E-state index in [2.05, 4.69) is 10.1 Å². The number of rotatable bonds is 2. The lowest BCUT2D eigenvalue weighted by Gasteiger charge is -1.93. The first-order valence-electron chi connectivity index (χ1n) is 3.29. The molecule has 1 aromatic heterocycles. The Kier molecular flexibility index (Phi) is 2.44. The Hall–Kier alpha value is -2.11. The maximum absolute atomic E-state index is 11.0. The van der Waals surface area contributed by atoms with Gasteiger partial charge >= 0.3 is 5.97 Å². The predicted octanol–water partition coefficient (Wildman–Crippen LogP) is -0.119. The first-order valence-corrected chi connectivity index (χ1v) is 3.29. The molecule has 0 aromatic carbocycles. The molecule has 6 heteroatoms. The van der Waals surface area contributed by atoms with Gasteiger partial charge in [0.05, 0.1) is 11.9 Å². The van der Waals surface area contributed by atoms with Crippen LogP contribution in [0.5, 0.6) is 0 Å². The van der Waals surface area contributed by atoms with Crippen molar-refractivity contribution in [1.82, 2.24) is 4.98 Å². The zero-order chi connectivity index (χ0) is 9.84. The molecule has 1 heterocycles. The van der Waals surface area contributed by atoms with Crippen molar-refractivity contribution in [3.8, 4) is 0 Å². The summed E-state index contributed by atoms with van der Waals surface area (Å²) < 4.78 is 0. The number of hydrogen-bond acceptors (Lipinski definition) is 4. The van der Waals surface area contributed by atoms with Crippen molar-refractivity contribution < 1.29 is 15.1 Å². The summed E-state index contributed by atoms with van der Waals surface area (Å²) >= 11 is 0. The fourth-order valence-electron chi connectivity index (χ4n) is 0.795. The molecule has 3 N–H and O–H groups in total. The van der Waals surface area contributed by atoms with Crippen molar-refractivity contribution >= 4 is 12.2 Å². The van der Waals surface area contributed by atoms with E-state index in [1.165, 1.54) is 6.07 Å². The van der Waals surface area contributed by atoms with Crippen molar-refractivity contribution in [1.29, 1.82) is 0 Å². The predicted molar refractivity (Wildman–Crippen MR) is 43.4 cm³/mol. The molecule has 0 aliphatic carbocycles. The third kappa shape index (κ3) is 1.92. The smallest absolute Gasteiger partial charge is 0.341 e. The average molecular weight is 182 g/mol. The molecule has 0 radical (unpaired) electrons. The second-order valence-corrected chi connectivity index (χ2v) is 2.21. The summed E-state index contributed by atoms with van der Waals surface area (Å²) in [4.78, 5) is 23.6. The number of nitrogens with zero attached hydrogens (tertiary/aromatic N) is 1. The van der Waals surface area contributed by atoms with Gasteiger partial charge in [0, 0.05) is 0 Å². The van der Waals surface area contributed by atoms with E-state index in [4.69, 9.17) is 10.3 Å². The van der Waals surface area contributed by atoms with Gasteiger partial charge in [-0.2, -0.15) is 0 Å². The number of H-pyrrole nitrogens is 1. The average Bonchev–Trinajstić information content (AvgIpc) is 2.04. The van der Waals surface area contributed by atoms with Crippen LogP contribution in [0.25, 0.3) is 0 Å². The summed E-state index contributed by atoms with van der Waals surface area (Å²) in [6.45, 7) is 0. The van der Waals surface area contributed by atoms with Crippen molar-refractivity contribution in [3.05, 3.63) is 33.7 Å². The Morgan fingerprint density at radius 2 is 2.23 bits per heavy atom. The summed E-state index contributed by atoms with van der Waals surface area (Å²) in [7, 11) is 0. The molecule has 0 fully saturated rings. The van der Waals surface area contributed by atoms with Crippen LogP contribution in [-0.2, 0) is 0 Å². The first-order chi connectivity index (χ1) is 6.15. The summed E-state index contributed by atoms with van der Waals surface area (Å²) in [5.74, 6) is -1.30. The molecular weight excluding hydrogens is 176 g/mol. The van der Waals surface area contributed by atoms with Crippen LogP contribution < -0.4 is 5.56 Å². The van der Waals surface area contributed by atoms with Crippen LogP contribution >= 0.6 is 0 Å². The molecule has 0 aliphatic heterocycles. The molecule has 0 saturated carbocycles. The number of aromatic amines is 1. The number of oxime groups is 1. The van der Waals surface area contributed by atoms with Crippen LogP contribution in [0.1, 0.15) is 16.1 Å². The van der Waals surface area contributed by atoms with Crippen molar-refractivity contribution in [2.75, 3.05) is 0 Å². The Morgan fingerprint density at radius 3 is 2.69 bits per heavy atom. The Labute approximate surface area is 72.1 Å². The van der Waals surface area contributed by atoms with Crippen molar-refractivity contribution in [2.24, 2.45) is 5.16 Å². The molecule has 0 aliphatic rings. The summed E-state index contributed by atoms with van der Waals surface area (Å²) in [6.07, 6.45) is 0.993. The maximum atomic E-state index is 11.0. The van der Waals surface area contributed by atoms with E-state index in [-0.39, 0.29) is 11.3 Å². The summed E-state index contributed by atoms with van der Waals surface area (Å²) in [5.41, 5.74) is -0.850. The number of carboxylic acid groups (broad SMARTS) is 1. The lowest BCUT2D eigenvalue weighted by Crippen LogP contribution is -2.18. The SMILES string of the molecule is O=C(O)c1ccc(/C=N/O)[nH]c1=O. The highest BCUT2D eigenvalue weighted by Crippen LogP contribution is 1.92. The number of carboxylic acids is 1. The molecule has 13 heavy (non-hydrogen) atoms. The zero-order valence-corrected chi connectivity index (χ0v) is 6.39. The van der Waals surface area contributed by atoms with E-state index in [9.17, 15) is 9.59 Å². The molecular formula is C7H6N2O4. The third-order valence-corrected chi connectivity index (χ3v) is 1.36. The first kappa shape index (κ1) is 8.98. The van der Waals surface area contributed by atoms with Gasteiger partial charge in [0.15, 0.2) is 0 Å². The minimum absolute atomic E-state index is 0.234. The van der Waals surface area contributed by atoms with Crippen LogP contribution in [0.2, 0.25) is 0 Å². The molecule has 1 aromatic rings. The minimum atomic E-state index is -1.30. The number of carbonyl (C=O) groups is 1.